The minimum atomic E-state index is -0.270. The lowest BCUT2D eigenvalue weighted by atomic mass is 10.2. The third kappa shape index (κ3) is 9.08. The summed E-state index contributed by atoms with van der Waals surface area (Å²) in [4.78, 5) is 10.8. The molecule has 0 unspecified atom stereocenters. The van der Waals surface area contributed by atoms with Gasteiger partial charge in [-0.3, -0.25) is 4.79 Å². The van der Waals surface area contributed by atoms with Gasteiger partial charge in [-0.05, 0) is 19.3 Å². The second-order valence-corrected chi connectivity index (χ2v) is 3.39. The molecule has 0 amide bonds. The minimum absolute atomic E-state index is 0.266. The molecule has 0 heterocycles. The van der Waals surface area contributed by atoms with Crippen LogP contribution in [0.1, 0.15) is 46.0 Å². The first-order valence-electron chi connectivity index (χ1n) is 5.47. The number of hydrogen-bond acceptors (Lipinski definition) is 2. The summed E-state index contributed by atoms with van der Waals surface area (Å²) in [7, 11) is 0. The average Bonchev–Trinajstić information content (AvgIpc) is 2.19. The lowest BCUT2D eigenvalue weighted by Gasteiger charge is -2.08. The van der Waals surface area contributed by atoms with Crippen molar-refractivity contribution in [3.8, 4) is 11.8 Å². The molecular formula is C13H20O2. The van der Waals surface area contributed by atoms with E-state index >= 15 is 0 Å². The van der Waals surface area contributed by atoms with Gasteiger partial charge in [-0.15, -0.1) is 6.58 Å². The molecule has 2 nitrogen and oxygen atoms in total. The second-order valence-electron chi connectivity index (χ2n) is 3.39. The number of ether oxygens (including phenoxy) is 1. The molecule has 0 aromatic heterocycles. The maximum atomic E-state index is 10.8. The first-order chi connectivity index (χ1) is 7.20. The van der Waals surface area contributed by atoms with Crippen molar-refractivity contribution in [3.05, 3.63) is 12.7 Å². The smallest absolute Gasteiger partial charge is 0.303 e. The van der Waals surface area contributed by atoms with Gasteiger partial charge in [-0.25, -0.2) is 0 Å². The van der Waals surface area contributed by atoms with Crippen molar-refractivity contribution in [1.29, 1.82) is 0 Å². The summed E-state index contributed by atoms with van der Waals surface area (Å²) in [5.41, 5.74) is 0. The lowest BCUT2D eigenvalue weighted by Crippen LogP contribution is -2.13. The van der Waals surface area contributed by atoms with E-state index in [9.17, 15) is 4.79 Å². The minimum Gasteiger partial charge on any atom is -0.449 e. The van der Waals surface area contributed by atoms with Crippen LogP contribution >= 0.6 is 0 Å². The fraction of sp³-hybridized carbons (Fsp3) is 0.615. The Hall–Kier alpha value is -1.23. The van der Waals surface area contributed by atoms with Gasteiger partial charge < -0.3 is 4.74 Å². The van der Waals surface area contributed by atoms with Crippen LogP contribution in [0.2, 0.25) is 0 Å². The first-order valence-corrected chi connectivity index (χ1v) is 5.47. The predicted octanol–water partition coefficient (Wildman–Crippen LogP) is 3.08. The van der Waals surface area contributed by atoms with Gasteiger partial charge in [0.25, 0.3) is 0 Å². The predicted molar refractivity (Wildman–Crippen MR) is 62.3 cm³/mol. The zero-order chi connectivity index (χ0) is 11.5. The molecule has 0 spiro atoms. The monoisotopic (exact) mass is 208 g/mol. The van der Waals surface area contributed by atoms with Gasteiger partial charge in [0, 0.05) is 13.3 Å². The number of carbonyl (C=O) groups excluding carboxylic acids is 1. The molecule has 0 aromatic rings. The largest absolute Gasteiger partial charge is 0.449 e. The van der Waals surface area contributed by atoms with E-state index in [1.807, 2.05) is 6.08 Å². The molecule has 0 aliphatic rings. The van der Waals surface area contributed by atoms with E-state index in [2.05, 4.69) is 25.3 Å². The van der Waals surface area contributed by atoms with E-state index < -0.39 is 0 Å². The summed E-state index contributed by atoms with van der Waals surface area (Å²) in [6.45, 7) is 7.17. The Labute approximate surface area is 92.7 Å². The van der Waals surface area contributed by atoms with E-state index in [4.69, 9.17) is 4.74 Å². The Kier molecular flexibility index (Phi) is 8.56. The quantitative estimate of drug-likeness (QED) is 0.290. The van der Waals surface area contributed by atoms with E-state index in [0.29, 0.717) is 0 Å². The van der Waals surface area contributed by atoms with Crippen molar-refractivity contribution in [2.24, 2.45) is 0 Å². The molecule has 0 bridgehead atoms. The number of unbranched alkanes of at least 4 members (excludes halogenated alkanes) is 2. The van der Waals surface area contributed by atoms with E-state index in [0.717, 1.165) is 32.1 Å². The maximum Gasteiger partial charge on any atom is 0.303 e. The molecule has 0 N–H and O–H groups in total. The fourth-order valence-electron chi connectivity index (χ4n) is 1.08. The molecule has 0 aliphatic heterocycles. The normalized spacial score (nSPS) is 11.1. The van der Waals surface area contributed by atoms with Gasteiger partial charge >= 0.3 is 5.97 Å². The van der Waals surface area contributed by atoms with Gasteiger partial charge in [0.1, 0.15) is 0 Å². The van der Waals surface area contributed by atoms with Gasteiger partial charge in [-0.2, -0.15) is 0 Å². The molecule has 0 saturated carbocycles. The molecule has 0 aliphatic carbocycles. The van der Waals surface area contributed by atoms with Gasteiger partial charge in [0.15, 0.2) is 6.10 Å². The highest BCUT2D eigenvalue weighted by atomic mass is 16.5. The Bertz CT molecular complexity index is 245. The van der Waals surface area contributed by atoms with E-state index in [-0.39, 0.29) is 12.1 Å². The van der Waals surface area contributed by atoms with Gasteiger partial charge in [0.05, 0.1) is 0 Å². The summed E-state index contributed by atoms with van der Waals surface area (Å²) >= 11 is 0. The Morgan fingerprint density at radius 2 is 2.33 bits per heavy atom. The third-order valence-corrected chi connectivity index (χ3v) is 1.86. The SMILES string of the molecule is C=CCC[C@H](C#CCCCC)OC(C)=O. The van der Waals surface area contributed by atoms with Crippen molar-refractivity contribution in [2.45, 2.75) is 52.1 Å². The van der Waals surface area contributed by atoms with E-state index in [1.54, 1.807) is 0 Å². The molecule has 2 heteroatoms. The molecular weight excluding hydrogens is 188 g/mol. The molecule has 0 fully saturated rings. The third-order valence-electron chi connectivity index (χ3n) is 1.86. The molecule has 0 rings (SSSR count). The number of allylic oxidation sites excluding steroid dienone is 1. The van der Waals surface area contributed by atoms with Crippen LogP contribution in [0.15, 0.2) is 12.7 Å². The van der Waals surface area contributed by atoms with Crippen LogP contribution in [0.4, 0.5) is 0 Å². The average molecular weight is 208 g/mol. The second kappa shape index (κ2) is 9.33. The molecule has 84 valence electrons. The first kappa shape index (κ1) is 13.8. The highest BCUT2D eigenvalue weighted by Crippen LogP contribution is 2.03. The zero-order valence-corrected chi connectivity index (χ0v) is 9.71. The lowest BCUT2D eigenvalue weighted by molar-refractivity contribution is -0.143. The highest BCUT2D eigenvalue weighted by molar-refractivity contribution is 5.66. The van der Waals surface area contributed by atoms with Crippen LogP contribution in [0, 0.1) is 11.8 Å². The van der Waals surface area contributed by atoms with E-state index in [1.165, 1.54) is 6.92 Å². The van der Waals surface area contributed by atoms with Gasteiger partial charge in [0.2, 0.25) is 0 Å². The Morgan fingerprint density at radius 1 is 1.60 bits per heavy atom. The van der Waals surface area contributed by atoms with Crippen LogP contribution in [-0.4, -0.2) is 12.1 Å². The van der Waals surface area contributed by atoms with Crippen LogP contribution in [0.3, 0.4) is 0 Å². The summed E-state index contributed by atoms with van der Waals surface area (Å²) in [6, 6.07) is 0. The fourth-order valence-corrected chi connectivity index (χ4v) is 1.08. The Morgan fingerprint density at radius 3 is 2.87 bits per heavy atom. The topological polar surface area (TPSA) is 26.3 Å². The molecule has 1 atom stereocenters. The van der Waals surface area contributed by atoms with Crippen molar-refractivity contribution >= 4 is 5.97 Å². The highest BCUT2D eigenvalue weighted by Gasteiger charge is 2.06. The zero-order valence-electron chi connectivity index (χ0n) is 9.71. The Balaban J connectivity index is 4.01. The molecule has 15 heavy (non-hydrogen) atoms. The number of esters is 1. The van der Waals surface area contributed by atoms with Crippen LogP contribution in [-0.2, 0) is 9.53 Å². The van der Waals surface area contributed by atoms with Crippen LogP contribution in [0.5, 0.6) is 0 Å². The van der Waals surface area contributed by atoms with Crippen LogP contribution < -0.4 is 0 Å². The van der Waals surface area contributed by atoms with Crippen molar-refractivity contribution in [2.75, 3.05) is 0 Å². The summed E-state index contributed by atoms with van der Waals surface area (Å²) < 4.78 is 5.07. The number of carbonyl (C=O) groups is 1. The van der Waals surface area contributed by atoms with Gasteiger partial charge in [-0.1, -0.05) is 31.3 Å². The maximum absolute atomic E-state index is 10.8. The molecule has 0 radical (unpaired) electrons. The summed E-state index contributed by atoms with van der Waals surface area (Å²) in [5.74, 6) is 5.75. The van der Waals surface area contributed by atoms with Crippen molar-refractivity contribution in [1.82, 2.24) is 0 Å². The van der Waals surface area contributed by atoms with Crippen molar-refractivity contribution in [3.63, 3.8) is 0 Å². The standard InChI is InChI=1S/C13H20O2/c1-4-6-8-9-11-13(10-7-5-2)15-12(3)14/h5,13H,2,4,6-8,10H2,1,3H3/t13-/m1/s1. The van der Waals surface area contributed by atoms with Crippen LogP contribution in [0.25, 0.3) is 0 Å². The summed E-state index contributed by atoms with van der Waals surface area (Å²) in [6.07, 6.45) is 6.22. The molecule has 0 aromatic carbocycles. The summed E-state index contributed by atoms with van der Waals surface area (Å²) in [5, 5.41) is 0. The number of hydrogen-bond donors (Lipinski definition) is 0. The number of rotatable bonds is 6. The van der Waals surface area contributed by atoms with Crippen molar-refractivity contribution < 1.29 is 9.53 Å². The molecule has 0 saturated heterocycles.